The molecule has 1 atom stereocenters. The van der Waals surface area contributed by atoms with E-state index >= 15 is 0 Å². The highest BCUT2D eigenvalue weighted by molar-refractivity contribution is 5.94. The minimum absolute atomic E-state index is 0.0199. The number of carbonyl (C=O) groups excluding carboxylic acids is 2. The summed E-state index contributed by atoms with van der Waals surface area (Å²) < 4.78 is 0. The second-order valence-electron chi connectivity index (χ2n) is 7.25. The van der Waals surface area contributed by atoms with E-state index in [2.05, 4.69) is 34.8 Å². The fourth-order valence-electron chi connectivity index (χ4n) is 2.74. The van der Waals surface area contributed by atoms with Crippen LogP contribution in [0.15, 0.2) is 24.3 Å². The number of hydrogen-bond donors (Lipinski definition) is 3. The zero-order chi connectivity index (χ0) is 17.8. The summed E-state index contributed by atoms with van der Waals surface area (Å²) >= 11 is 0. The molecule has 2 saturated carbocycles. The van der Waals surface area contributed by atoms with Gasteiger partial charge in [-0.2, -0.15) is 0 Å². The summed E-state index contributed by atoms with van der Waals surface area (Å²) in [7, 11) is 2.11. The lowest BCUT2D eigenvalue weighted by atomic mass is 10.1. The molecule has 0 heterocycles. The largest absolute Gasteiger partial charge is 0.349 e. The predicted octanol–water partition coefficient (Wildman–Crippen LogP) is 1.86. The van der Waals surface area contributed by atoms with Gasteiger partial charge in [0.2, 0.25) is 0 Å². The molecule has 136 valence electrons. The van der Waals surface area contributed by atoms with E-state index in [4.69, 9.17) is 0 Å². The number of benzene rings is 1. The number of carbonyl (C=O) groups is 2. The third kappa shape index (κ3) is 5.46. The standard InChI is InChI=1S/C19H28N4O2/c1-13(23(2)17-9-10-17)11-20-19(25)21-12-14-3-5-15(6-4-14)18(24)22-16-7-8-16/h3-6,13,16-17H,7-12H2,1-2H3,(H,22,24)(H2,20,21,25). The number of likely N-dealkylation sites (N-methyl/N-ethyl adjacent to an activating group) is 1. The number of nitrogens with zero attached hydrogens (tertiary/aromatic N) is 1. The van der Waals surface area contributed by atoms with E-state index in [0.29, 0.717) is 36.8 Å². The Morgan fingerprint density at radius 3 is 2.40 bits per heavy atom. The Bertz CT molecular complexity index is 608. The summed E-state index contributed by atoms with van der Waals surface area (Å²) in [6, 6.07) is 8.60. The molecule has 0 spiro atoms. The van der Waals surface area contributed by atoms with Crippen molar-refractivity contribution in [1.82, 2.24) is 20.9 Å². The molecular weight excluding hydrogens is 316 g/mol. The normalized spacial score (nSPS) is 17.9. The molecule has 2 fully saturated rings. The van der Waals surface area contributed by atoms with Crippen molar-refractivity contribution in [2.45, 2.75) is 57.3 Å². The van der Waals surface area contributed by atoms with Gasteiger partial charge in [0.25, 0.3) is 5.91 Å². The van der Waals surface area contributed by atoms with Gasteiger partial charge in [-0.15, -0.1) is 0 Å². The zero-order valence-corrected chi connectivity index (χ0v) is 15.0. The van der Waals surface area contributed by atoms with Gasteiger partial charge in [-0.1, -0.05) is 12.1 Å². The topological polar surface area (TPSA) is 73.5 Å². The Labute approximate surface area is 149 Å². The van der Waals surface area contributed by atoms with E-state index in [1.807, 2.05) is 12.1 Å². The van der Waals surface area contributed by atoms with Crippen LogP contribution in [0.1, 0.15) is 48.5 Å². The minimum atomic E-state index is -0.161. The Kier molecular flexibility index (Phi) is 5.58. The van der Waals surface area contributed by atoms with Crippen molar-refractivity contribution in [3.8, 4) is 0 Å². The van der Waals surface area contributed by atoms with E-state index in [1.54, 1.807) is 12.1 Å². The second kappa shape index (κ2) is 7.87. The van der Waals surface area contributed by atoms with Crippen molar-refractivity contribution in [2.24, 2.45) is 0 Å². The van der Waals surface area contributed by atoms with Crippen LogP contribution in [-0.2, 0) is 6.54 Å². The van der Waals surface area contributed by atoms with Gasteiger partial charge >= 0.3 is 6.03 Å². The van der Waals surface area contributed by atoms with Crippen LogP contribution in [0.3, 0.4) is 0 Å². The van der Waals surface area contributed by atoms with Crippen molar-refractivity contribution < 1.29 is 9.59 Å². The molecule has 1 unspecified atom stereocenters. The molecule has 2 aliphatic carbocycles. The molecule has 1 aromatic carbocycles. The Morgan fingerprint density at radius 2 is 1.80 bits per heavy atom. The number of hydrogen-bond acceptors (Lipinski definition) is 3. The SMILES string of the molecule is CC(CNC(=O)NCc1ccc(C(=O)NC2CC2)cc1)N(C)C1CC1. The fourth-order valence-corrected chi connectivity index (χ4v) is 2.74. The third-order valence-corrected chi connectivity index (χ3v) is 4.96. The lowest BCUT2D eigenvalue weighted by Crippen LogP contribution is -2.44. The first-order valence-corrected chi connectivity index (χ1v) is 9.16. The van der Waals surface area contributed by atoms with Gasteiger partial charge in [0.1, 0.15) is 0 Å². The molecule has 2 aliphatic rings. The minimum Gasteiger partial charge on any atom is -0.349 e. The van der Waals surface area contributed by atoms with E-state index in [0.717, 1.165) is 18.4 Å². The quantitative estimate of drug-likeness (QED) is 0.674. The first kappa shape index (κ1) is 17.7. The molecule has 0 aliphatic heterocycles. The number of amides is 3. The fraction of sp³-hybridized carbons (Fsp3) is 0.579. The summed E-state index contributed by atoms with van der Waals surface area (Å²) in [6.45, 7) is 3.21. The average Bonchev–Trinajstić information content (AvgIpc) is 3.51. The molecule has 0 radical (unpaired) electrons. The van der Waals surface area contributed by atoms with Gasteiger partial charge < -0.3 is 16.0 Å². The number of rotatable bonds is 8. The highest BCUT2D eigenvalue weighted by atomic mass is 16.2. The van der Waals surface area contributed by atoms with Crippen LogP contribution in [-0.4, -0.2) is 48.6 Å². The Morgan fingerprint density at radius 1 is 1.12 bits per heavy atom. The van der Waals surface area contributed by atoms with E-state index in [-0.39, 0.29) is 11.9 Å². The van der Waals surface area contributed by atoms with Crippen LogP contribution >= 0.6 is 0 Å². The molecule has 3 rings (SSSR count). The van der Waals surface area contributed by atoms with E-state index in [9.17, 15) is 9.59 Å². The Hall–Kier alpha value is -2.08. The van der Waals surface area contributed by atoms with Crippen molar-refractivity contribution in [2.75, 3.05) is 13.6 Å². The first-order valence-electron chi connectivity index (χ1n) is 9.16. The lowest BCUT2D eigenvalue weighted by Gasteiger charge is -2.24. The number of urea groups is 1. The maximum absolute atomic E-state index is 11.9. The molecule has 1 aromatic rings. The van der Waals surface area contributed by atoms with Crippen molar-refractivity contribution >= 4 is 11.9 Å². The molecule has 3 N–H and O–H groups in total. The average molecular weight is 344 g/mol. The maximum Gasteiger partial charge on any atom is 0.315 e. The molecular formula is C19H28N4O2. The summed E-state index contributed by atoms with van der Waals surface area (Å²) in [6.07, 6.45) is 4.69. The van der Waals surface area contributed by atoms with Crippen molar-refractivity contribution in [1.29, 1.82) is 0 Å². The molecule has 0 bridgehead atoms. The summed E-state index contributed by atoms with van der Waals surface area (Å²) in [5, 5.41) is 8.74. The summed E-state index contributed by atoms with van der Waals surface area (Å²) in [4.78, 5) is 26.2. The number of nitrogens with one attached hydrogen (secondary N) is 3. The second-order valence-corrected chi connectivity index (χ2v) is 7.25. The van der Waals surface area contributed by atoms with Crippen molar-refractivity contribution in [3.05, 3.63) is 35.4 Å². The maximum atomic E-state index is 11.9. The predicted molar refractivity (Wildman–Crippen MR) is 97.4 cm³/mol. The van der Waals surface area contributed by atoms with Gasteiger partial charge in [-0.3, -0.25) is 9.69 Å². The summed E-state index contributed by atoms with van der Waals surface area (Å²) in [5.41, 5.74) is 1.64. The smallest absolute Gasteiger partial charge is 0.315 e. The van der Waals surface area contributed by atoms with Crippen LogP contribution in [0.5, 0.6) is 0 Å². The van der Waals surface area contributed by atoms with E-state index in [1.165, 1.54) is 12.8 Å². The van der Waals surface area contributed by atoms with Crippen LogP contribution in [0.4, 0.5) is 4.79 Å². The van der Waals surface area contributed by atoms with Gasteiger partial charge in [0, 0.05) is 36.8 Å². The van der Waals surface area contributed by atoms with Crippen LogP contribution in [0.2, 0.25) is 0 Å². The third-order valence-electron chi connectivity index (χ3n) is 4.96. The molecule has 0 aromatic heterocycles. The molecule has 6 nitrogen and oxygen atoms in total. The van der Waals surface area contributed by atoms with Crippen LogP contribution in [0, 0.1) is 0 Å². The van der Waals surface area contributed by atoms with Crippen LogP contribution in [0.25, 0.3) is 0 Å². The first-order chi connectivity index (χ1) is 12.0. The van der Waals surface area contributed by atoms with Gasteiger partial charge in [-0.25, -0.2) is 4.79 Å². The van der Waals surface area contributed by atoms with Gasteiger partial charge in [0.15, 0.2) is 0 Å². The monoisotopic (exact) mass is 344 g/mol. The van der Waals surface area contributed by atoms with Crippen LogP contribution < -0.4 is 16.0 Å². The highest BCUT2D eigenvalue weighted by Crippen LogP contribution is 2.26. The molecule has 6 heteroatoms. The van der Waals surface area contributed by atoms with Crippen molar-refractivity contribution in [3.63, 3.8) is 0 Å². The summed E-state index contributed by atoms with van der Waals surface area (Å²) in [5.74, 6) is -0.0199. The zero-order valence-electron chi connectivity index (χ0n) is 15.0. The molecule has 0 saturated heterocycles. The lowest BCUT2D eigenvalue weighted by molar-refractivity contribution is 0.0951. The highest BCUT2D eigenvalue weighted by Gasteiger charge is 2.29. The molecule has 25 heavy (non-hydrogen) atoms. The van der Waals surface area contributed by atoms with E-state index < -0.39 is 0 Å². The van der Waals surface area contributed by atoms with Gasteiger partial charge in [-0.05, 0) is 57.4 Å². The Balaban J connectivity index is 1.37. The van der Waals surface area contributed by atoms with Gasteiger partial charge in [0.05, 0.1) is 0 Å². The molecule has 3 amide bonds.